The minimum atomic E-state index is -0.532. The van der Waals surface area contributed by atoms with Crippen molar-refractivity contribution in [2.45, 2.75) is 39.2 Å². The Morgan fingerprint density at radius 1 is 1.30 bits per heavy atom. The first-order valence-electron chi connectivity index (χ1n) is 9.45. The van der Waals surface area contributed by atoms with Crippen molar-refractivity contribution in [1.29, 1.82) is 5.26 Å². The molecule has 0 bridgehead atoms. The molecule has 27 heavy (non-hydrogen) atoms. The number of hydrogen-bond acceptors (Lipinski definition) is 6. The number of benzene rings is 1. The second-order valence-corrected chi connectivity index (χ2v) is 6.71. The predicted molar refractivity (Wildman–Crippen MR) is 105 cm³/mol. The first-order valence-corrected chi connectivity index (χ1v) is 9.45. The molecule has 0 radical (unpaired) electrons. The zero-order valence-electron chi connectivity index (χ0n) is 15.8. The summed E-state index contributed by atoms with van der Waals surface area (Å²) < 4.78 is 13.5. The van der Waals surface area contributed by atoms with E-state index < -0.39 is 5.82 Å². The van der Waals surface area contributed by atoms with Crippen LogP contribution in [0.25, 0.3) is 0 Å². The van der Waals surface area contributed by atoms with Crippen molar-refractivity contribution in [1.82, 2.24) is 15.3 Å². The Hall–Kier alpha value is -2.72. The summed E-state index contributed by atoms with van der Waals surface area (Å²) >= 11 is 0. The molecular formula is C20H25FN6. The fourth-order valence-electron chi connectivity index (χ4n) is 3.33. The third-order valence-electron chi connectivity index (χ3n) is 4.62. The Kier molecular flexibility index (Phi) is 6.20. The first kappa shape index (κ1) is 19.1. The van der Waals surface area contributed by atoms with E-state index in [4.69, 9.17) is 5.26 Å². The van der Waals surface area contributed by atoms with Gasteiger partial charge in [-0.25, -0.2) is 9.37 Å². The van der Waals surface area contributed by atoms with Gasteiger partial charge in [-0.15, -0.1) is 0 Å². The number of likely N-dealkylation sites (N-methyl/N-ethyl adjacent to an activating group) is 1. The molecular weight excluding hydrogens is 343 g/mol. The van der Waals surface area contributed by atoms with Gasteiger partial charge in [-0.05, 0) is 37.6 Å². The standard InChI is InChI=1S/C20H25FN6/c1-3-5-15-11-19(27-9-8-17(13-27)23-4-2)26-20(24-15)25-16-6-7-18(21)14(10-16)12-22/h6-7,10-11,17,23H,3-5,8-9,13H2,1-2H3,(H,24,25,26)/t17-/m0/s1. The van der Waals surface area contributed by atoms with Gasteiger partial charge in [0.15, 0.2) is 0 Å². The normalized spacial score (nSPS) is 16.4. The molecule has 2 N–H and O–H groups in total. The SMILES string of the molecule is CCCc1cc(N2CC[C@H](NCC)C2)nc(Nc2ccc(F)c(C#N)c2)n1. The lowest BCUT2D eigenvalue weighted by Crippen LogP contribution is -2.32. The minimum Gasteiger partial charge on any atom is -0.355 e. The molecule has 1 aromatic carbocycles. The monoisotopic (exact) mass is 368 g/mol. The number of nitriles is 1. The van der Waals surface area contributed by atoms with Gasteiger partial charge < -0.3 is 15.5 Å². The lowest BCUT2D eigenvalue weighted by molar-refractivity contribution is 0.571. The zero-order valence-corrected chi connectivity index (χ0v) is 15.8. The summed E-state index contributed by atoms with van der Waals surface area (Å²) in [4.78, 5) is 11.5. The van der Waals surface area contributed by atoms with Crippen LogP contribution in [-0.4, -0.2) is 35.6 Å². The van der Waals surface area contributed by atoms with Crippen LogP contribution in [0.5, 0.6) is 0 Å². The molecule has 1 fully saturated rings. The van der Waals surface area contributed by atoms with Crippen molar-refractivity contribution < 1.29 is 4.39 Å². The van der Waals surface area contributed by atoms with Gasteiger partial charge in [0.1, 0.15) is 17.7 Å². The van der Waals surface area contributed by atoms with Crippen molar-refractivity contribution in [3.8, 4) is 6.07 Å². The third-order valence-corrected chi connectivity index (χ3v) is 4.62. The first-order chi connectivity index (χ1) is 13.1. The van der Waals surface area contributed by atoms with Gasteiger partial charge >= 0.3 is 0 Å². The number of hydrogen-bond donors (Lipinski definition) is 2. The largest absolute Gasteiger partial charge is 0.355 e. The summed E-state index contributed by atoms with van der Waals surface area (Å²) in [7, 11) is 0. The van der Waals surface area contributed by atoms with E-state index in [2.05, 4.69) is 39.3 Å². The number of aryl methyl sites for hydroxylation is 1. The maximum atomic E-state index is 13.5. The number of rotatable bonds is 7. The van der Waals surface area contributed by atoms with E-state index in [9.17, 15) is 4.39 Å². The van der Waals surface area contributed by atoms with Gasteiger partial charge in [-0.3, -0.25) is 0 Å². The van der Waals surface area contributed by atoms with Crippen LogP contribution in [0.4, 0.5) is 21.8 Å². The van der Waals surface area contributed by atoms with E-state index in [0.717, 1.165) is 50.4 Å². The molecule has 0 aliphatic carbocycles. The van der Waals surface area contributed by atoms with E-state index in [1.807, 2.05) is 12.1 Å². The van der Waals surface area contributed by atoms with Crippen LogP contribution >= 0.6 is 0 Å². The molecule has 1 aliphatic heterocycles. The van der Waals surface area contributed by atoms with Gasteiger partial charge in [0.2, 0.25) is 5.95 Å². The number of nitrogens with zero attached hydrogens (tertiary/aromatic N) is 4. The number of anilines is 3. The summed E-state index contributed by atoms with van der Waals surface area (Å²) in [6, 6.07) is 8.72. The van der Waals surface area contributed by atoms with E-state index >= 15 is 0 Å². The number of nitrogens with one attached hydrogen (secondary N) is 2. The lowest BCUT2D eigenvalue weighted by atomic mass is 10.2. The fraction of sp³-hybridized carbons (Fsp3) is 0.450. The molecule has 0 amide bonds. The van der Waals surface area contributed by atoms with Gasteiger partial charge in [0.25, 0.3) is 0 Å². The van der Waals surface area contributed by atoms with Crippen molar-refractivity contribution in [3.05, 3.63) is 41.3 Å². The molecule has 1 aromatic heterocycles. The highest BCUT2D eigenvalue weighted by atomic mass is 19.1. The Balaban J connectivity index is 1.85. The molecule has 0 unspecified atom stereocenters. The molecule has 7 heteroatoms. The second-order valence-electron chi connectivity index (χ2n) is 6.71. The highest BCUT2D eigenvalue weighted by Crippen LogP contribution is 2.23. The molecule has 3 rings (SSSR count). The average molecular weight is 368 g/mol. The Morgan fingerprint density at radius 2 is 2.15 bits per heavy atom. The van der Waals surface area contributed by atoms with Crippen LogP contribution in [0.2, 0.25) is 0 Å². The van der Waals surface area contributed by atoms with Gasteiger partial charge in [-0.1, -0.05) is 20.3 Å². The summed E-state index contributed by atoms with van der Waals surface area (Å²) in [6.45, 7) is 7.07. The van der Waals surface area contributed by atoms with Crippen LogP contribution in [0, 0.1) is 17.1 Å². The average Bonchev–Trinajstić information content (AvgIpc) is 3.12. The highest BCUT2D eigenvalue weighted by Gasteiger charge is 2.23. The van der Waals surface area contributed by atoms with Crippen molar-refractivity contribution >= 4 is 17.5 Å². The summed E-state index contributed by atoms with van der Waals surface area (Å²) in [5.74, 6) is 0.841. The second kappa shape index (κ2) is 8.78. The summed E-state index contributed by atoms with van der Waals surface area (Å²) in [6.07, 6.45) is 2.94. The number of halogens is 1. The molecule has 1 atom stereocenters. The van der Waals surface area contributed by atoms with Crippen LogP contribution < -0.4 is 15.5 Å². The van der Waals surface area contributed by atoms with Crippen LogP contribution in [-0.2, 0) is 6.42 Å². The Bertz CT molecular complexity index is 832. The van der Waals surface area contributed by atoms with Crippen molar-refractivity contribution in [2.75, 3.05) is 29.9 Å². The summed E-state index contributed by atoms with van der Waals surface area (Å²) in [5.41, 5.74) is 1.57. The highest BCUT2D eigenvalue weighted by molar-refractivity contribution is 5.58. The summed E-state index contributed by atoms with van der Waals surface area (Å²) in [5, 5.41) is 15.6. The van der Waals surface area contributed by atoms with E-state index in [1.165, 1.54) is 12.1 Å². The molecule has 6 nitrogen and oxygen atoms in total. The van der Waals surface area contributed by atoms with Crippen molar-refractivity contribution in [2.24, 2.45) is 0 Å². The Labute approximate surface area is 159 Å². The maximum absolute atomic E-state index is 13.5. The van der Waals surface area contributed by atoms with E-state index in [0.29, 0.717) is 17.7 Å². The lowest BCUT2D eigenvalue weighted by Gasteiger charge is -2.19. The van der Waals surface area contributed by atoms with Gasteiger partial charge in [0, 0.05) is 36.6 Å². The van der Waals surface area contributed by atoms with E-state index in [1.54, 1.807) is 6.07 Å². The van der Waals surface area contributed by atoms with Crippen molar-refractivity contribution in [3.63, 3.8) is 0 Å². The molecule has 0 saturated carbocycles. The zero-order chi connectivity index (χ0) is 19.2. The smallest absolute Gasteiger partial charge is 0.229 e. The minimum absolute atomic E-state index is 0.00189. The maximum Gasteiger partial charge on any atom is 0.229 e. The number of aromatic nitrogens is 2. The van der Waals surface area contributed by atoms with Gasteiger partial charge in [-0.2, -0.15) is 10.2 Å². The molecule has 1 saturated heterocycles. The van der Waals surface area contributed by atoms with Crippen LogP contribution in [0.15, 0.2) is 24.3 Å². The quantitative estimate of drug-likeness (QED) is 0.780. The molecule has 1 aliphatic rings. The topological polar surface area (TPSA) is 76.9 Å². The molecule has 142 valence electrons. The van der Waals surface area contributed by atoms with Crippen LogP contribution in [0.3, 0.4) is 0 Å². The molecule has 2 heterocycles. The Morgan fingerprint density at radius 3 is 2.89 bits per heavy atom. The molecule has 2 aromatic rings. The van der Waals surface area contributed by atoms with Gasteiger partial charge in [0.05, 0.1) is 5.56 Å². The fourth-order valence-corrected chi connectivity index (χ4v) is 3.33. The van der Waals surface area contributed by atoms with E-state index in [-0.39, 0.29) is 5.56 Å². The third kappa shape index (κ3) is 4.72. The predicted octanol–water partition coefficient (Wildman–Crippen LogP) is 3.37. The van der Waals surface area contributed by atoms with Crippen LogP contribution in [0.1, 0.15) is 37.9 Å². The molecule has 0 spiro atoms.